The Balaban J connectivity index is 2.24. The molecule has 7 nitrogen and oxygen atoms in total. The van der Waals surface area contributed by atoms with E-state index in [-0.39, 0.29) is 11.9 Å². The van der Waals surface area contributed by atoms with E-state index in [0.717, 1.165) is 5.56 Å². The van der Waals surface area contributed by atoms with Gasteiger partial charge in [0.05, 0.1) is 27.0 Å². The van der Waals surface area contributed by atoms with E-state index in [1.807, 2.05) is 19.1 Å². The van der Waals surface area contributed by atoms with E-state index in [0.29, 0.717) is 28.5 Å². The maximum Gasteiger partial charge on any atom is 0.257 e. The van der Waals surface area contributed by atoms with Crippen LogP contribution in [-0.4, -0.2) is 33.2 Å². The van der Waals surface area contributed by atoms with Crippen LogP contribution in [0.4, 0.5) is 5.69 Å². The molecule has 0 atom stereocenters. The van der Waals surface area contributed by atoms with Crippen LogP contribution in [0, 0.1) is 6.92 Å². The minimum Gasteiger partial charge on any atom is -0.493 e. The number of ether oxygens (including phenoxy) is 3. The van der Waals surface area contributed by atoms with E-state index < -0.39 is 0 Å². The fraction of sp³-hybridized carbons (Fsp3) is 0.222. The fourth-order valence-electron chi connectivity index (χ4n) is 2.19. The number of hydrogen-bond donors (Lipinski definition) is 2. The summed E-state index contributed by atoms with van der Waals surface area (Å²) in [4.78, 5) is 16.3. The van der Waals surface area contributed by atoms with Crippen molar-refractivity contribution in [3.63, 3.8) is 0 Å². The molecular formula is C18H21N3O4. The number of methoxy groups -OCH3 is 3. The summed E-state index contributed by atoms with van der Waals surface area (Å²) >= 11 is 0. The van der Waals surface area contributed by atoms with Crippen LogP contribution in [0.15, 0.2) is 41.4 Å². The van der Waals surface area contributed by atoms with Crippen molar-refractivity contribution < 1.29 is 19.0 Å². The van der Waals surface area contributed by atoms with Crippen LogP contribution in [0.1, 0.15) is 15.9 Å². The zero-order valence-electron chi connectivity index (χ0n) is 14.6. The van der Waals surface area contributed by atoms with E-state index in [2.05, 4.69) is 10.3 Å². The van der Waals surface area contributed by atoms with E-state index in [4.69, 9.17) is 19.9 Å². The van der Waals surface area contributed by atoms with Gasteiger partial charge >= 0.3 is 0 Å². The second-order valence-corrected chi connectivity index (χ2v) is 5.20. The molecule has 0 saturated heterocycles. The molecule has 2 aromatic rings. The monoisotopic (exact) mass is 343 g/mol. The highest BCUT2D eigenvalue weighted by Crippen LogP contribution is 2.40. The van der Waals surface area contributed by atoms with Crippen molar-refractivity contribution in [1.29, 1.82) is 0 Å². The molecule has 3 N–H and O–H groups in total. The van der Waals surface area contributed by atoms with Crippen LogP contribution < -0.4 is 25.3 Å². The lowest BCUT2D eigenvalue weighted by Gasteiger charge is -2.13. The third-order valence-electron chi connectivity index (χ3n) is 3.45. The summed E-state index contributed by atoms with van der Waals surface area (Å²) in [6.07, 6.45) is 0. The van der Waals surface area contributed by atoms with Crippen molar-refractivity contribution in [3.05, 3.63) is 47.5 Å². The maximum absolute atomic E-state index is 12.2. The standard InChI is InChI=1S/C18H21N3O4/c1-11-5-7-12(8-6-11)17(22)21-18(19)20-13-9-14(23-2)16(25-4)15(10-13)24-3/h5-10H,1-4H3,(H3,19,20,21,22). The number of carbonyl (C=O) groups is 1. The van der Waals surface area contributed by atoms with Crippen LogP contribution in [0.2, 0.25) is 0 Å². The Morgan fingerprint density at radius 1 is 1.00 bits per heavy atom. The third kappa shape index (κ3) is 4.41. The highest BCUT2D eigenvalue weighted by atomic mass is 16.5. The molecule has 0 aliphatic heterocycles. The molecule has 1 amide bonds. The van der Waals surface area contributed by atoms with Crippen LogP contribution in [-0.2, 0) is 0 Å². The van der Waals surface area contributed by atoms with Gasteiger partial charge in [0.25, 0.3) is 5.91 Å². The highest BCUT2D eigenvalue weighted by Gasteiger charge is 2.13. The van der Waals surface area contributed by atoms with E-state index >= 15 is 0 Å². The predicted molar refractivity (Wildman–Crippen MR) is 96.0 cm³/mol. The summed E-state index contributed by atoms with van der Waals surface area (Å²) in [6, 6.07) is 10.4. The largest absolute Gasteiger partial charge is 0.493 e. The molecule has 0 radical (unpaired) electrons. The van der Waals surface area contributed by atoms with Crippen molar-refractivity contribution in [3.8, 4) is 17.2 Å². The molecule has 0 saturated carbocycles. The molecule has 2 aromatic carbocycles. The first-order chi connectivity index (χ1) is 12.0. The fourth-order valence-corrected chi connectivity index (χ4v) is 2.19. The van der Waals surface area contributed by atoms with Crippen LogP contribution >= 0.6 is 0 Å². The molecule has 2 rings (SSSR count). The zero-order chi connectivity index (χ0) is 18.4. The smallest absolute Gasteiger partial charge is 0.257 e. The molecule has 0 aliphatic rings. The third-order valence-corrected chi connectivity index (χ3v) is 3.45. The van der Waals surface area contributed by atoms with Crippen molar-refractivity contribution in [2.24, 2.45) is 10.7 Å². The topological polar surface area (TPSA) is 95.2 Å². The number of rotatable bonds is 5. The molecule has 0 spiro atoms. The zero-order valence-corrected chi connectivity index (χ0v) is 14.6. The number of nitrogens with one attached hydrogen (secondary N) is 1. The minimum absolute atomic E-state index is 0.0418. The molecular weight excluding hydrogens is 322 g/mol. The van der Waals surface area contributed by atoms with Crippen molar-refractivity contribution in [1.82, 2.24) is 5.32 Å². The van der Waals surface area contributed by atoms with Crippen molar-refractivity contribution in [2.75, 3.05) is 21.3 Å². The van der Waals surface area contributed by atoms with Crippen LogP contribution in [0.3, 0.4) is 0 Å². The predicted octanol–water partition coefficient (Wildman–Crippen LogP) is 2.40. The number of benzene rings is 2. The molecule has 132 valence electrons. The second kappa shape index (κ2) is 8.05. The van der Waals surface area contributed by atoms with Gasteiger partial charge in [-0.3, -0.25) is 10.1 Å². The highest BCUT2D eigenvalue weighted by molar-refractivity contribution is 6.05. The summed E-state index contributed by atoms with van der Waals surface area (Å²) in [6.45, 7) is 1.95. The average molecular weight is 343 g/mol. The lowest BCUT2D eigenvalue weighted by atomic mass is 10.1. The Morgan fingerprint density at radius 2 is 1.56 bits per heavy atom. The molecule has 0 heterocycles. The normalized spacial score (nSPS) is 11.0. The summed E-state index contributed by atoms with van der Waals surface area (Å²) in [5.41, 5.74) is 7.85. The quantitative estimate of drug-likeness (QED) is 0.642. The van der Waals surface area contributed by atoms with E-state index in [1.165, 1.54) is 21.3 Å². The summed E-state index contributed by atoms with van der Waals surface area (Å²) in [5, 5.41) is 2.54. The number of amides is 1. The first-order valence-corrected chi connectivity index (χ1v) is 7.50. The Kier molecular flexibility index (Phi) is 5.84. The van der Waals surface area contributed by atoms with Gasteiger partial charge in [0, 0.05) is 17.7 Å². The second-order valence-electron chi connectivity index (χ2n) is 5.20. The summed E-state index contributed by atoms with van der Waals surface area (Å²) in [7, 11) is 4.53. The molecule has 0 aromatic heterocycles. The minimum atomic E-state index is -0.339. The van der Waals surface area contributed by atoms with Gasteiger partial charge in [0.1, 0.15) is 0 Å². The Bertz CT molecular complexity index is 760. The van der Waals surface area contributed by atoms with Gasteiger partial charge < -0.3 is 19.9 Å². The van der Waals surface area contributed by atoms with Crippen LogP contribution in [0.25, 0.3) is 0 Å². The van der Waals surface area contributed by atoms with Gasteiger partial charge in [-0.25, -0.2) is 4.99 Å². The lowest BCUT2D eigenvalue weighted by molar-refractivity contribution is 0.0976. The number of aryl methyl sites for hydroxylation is 1. The summed E-state index contributed by atoms with van der Waals surface area (Å²) in [5.74, 6) is 0.955. The molecule has 0 aliphatic carbocycles. The first kappa shape index (κ1) is 18.1. The van der Waals surface area contributed by atoms with Crippen molar-refractivity contribution >= 4 is 17.6 Å². The lowest BCUT2D eigenvalue weighted by Crippen LogP contribution is -2.36. The molecule has 0 bridgehead atoms. The van der Waals surface area contributed by atoms with Gasteiger partial charge in [-0.2, -0.15) is 0 Å². The van der Waals surface area contributed by atoms with Gasteiger partial charge in [-0.1, -0.05) is 17.7 Å². The molecule has 7 heteroatoms. The average Bonchev–Trinajstić information content (AvgIpc) is 2.61. The molecule has 25 heavy (non-hydrogen) atoms. The van der Waals surface area contributed by atoms with Crippen molar-refractivity contribution in [2.45, 2.75) is 6.92 Å². The SMILES string of the molecule is COc1cc(N=C(N)NC(=O)c2ccc(C)cc2)cc(OC)c1OC. The first-order valence-electron chi connectivity index (χ1n) is 7.50. The number of nitrogens with zero attached hydrogens (tertiary/aromatic N) is 1. The summed E-state index contributed by atoms with van der Waals surface area (Å²) < 4.78 is 15.8. The van der Waals surface area contributed by atoms with Gasteiger partial charge in [-0.15, -0.1) is 0 Å². The van der Waals surface area contributed by atoms with Gasteiger partial charge in [0.15, 0.2) is 11.5 Å². The Hall–Kier alpha value is -3.22. The molecule has 0 fully saturated rings. The number of carbonyl (C=O) groups excluding carboxylic acids is 1. The van der Waals surface area contributed by atoms with Gasteiger partial charge in [-0.05, 0) is 19.1 Å². The number of hydrogen-bond acceptors (Lipinski definition) is 5. The number of guanidine groups is 1. The number of aliphatic imine (C=N–C) groups is 1. The molecule has 0 unspecified atom stereocenters. The maximum atomic E-state index is 12.2. The van der Waals surface area contributed by atoms with Crippen LogP contribution in [0.5, 0.6) is 17.2 Å². The Labute approximate surface area is 146 Å². The number of nitrogens with two attached hydrogens (primary N) is 1. The Morgan fingerprint density at radius 3 is 2.04 bits per heavy atom. The van der Waals surface area contributed by atoms with E-state index in [1.54, 1.807) is 24.3 Å². The van der Waals surface area contributed by atoms with Gasteiger partial charge in [0.2, 0.25) is 11.7 Å². The van der Waals surface area contributed by atoms with E-state index in [9.17, 15) is 4.79 Å².